The number of nitrogens with zero attached hydrogens (tertiary/aromatic N) is 1. The number of benzene rings is 3. The fraction of sp³-hybridized carbons (Fsp3) is 0.125. The normalized spacial score (nSPS) is 10.4. The number of rotatable bonds is 9. The molecule has 1 amide bonds. The van der Waals surface area contributed by atoms with Crippen LogP contribution in [0.3, 0.4) is 0 Å². The summed E-state index contributed by atoms with van der Waals surface area (Å²) in [6, 6.07) is 20.2. The summed E-state index contributed by atoms with van der Waals surface area (Å²) in [5.74, 6) is 1.32. The second-order valence-corrected chi connectivity index (χ2v) is 6.45. The van der Waals surface area contributed by atoms with Crippen LogP contribution in [0.4, 0.5) is 0 Å². The Kier molecular flexibility index (Phi) is 7.80. The van der Waals surface area contributed by atoms with Gasteiger partial charge in [-0.1, -0.05) is 12.1 Å². The largest absolute Gasteiger partial charge is 0.497 e. The van der Waals surface area contributed by atoms with Gasteiger partial charge in [0.1, 0.15) is 23.0 Å². The summed E-state index contributed by atoms with van der Waals surface area (Å²) in [4.78, 5) is 24.2. The minimum atomic E-state index is -0.495. The first-order valence-corrected chi connectivity index (χ1v) is 9.62. The Labute approximate surface area is 185 Å². The van der Waals surface area contributed by atoms with Gasteiger partial charge in [-0.05, 0) is 66.2 Å². The molecule has 0 atom stereocenters. The zero-order valence-electron chi connectivity index (χ0n) is 17.6. The number of carbonyl (C=O) groups excluding carboxylic acids is 2. The molecule has 3 aromatic carbocycles. The number of amides is 1. The molecule has 32 heavy (non-hydrogen) atoms. The van der Waals surface area contributed by atoms with E-state index in [1.165, 1.54) is 6.21 Å². The summed E-state index contributed by atoms with van der Waals surface area (Å²) in [5, 5.41) is 3.90. The van der Waals surface area contributed by atoms with Crippen molar-refractivity contribution in [2.24, 2.45) is 5.10 Å². The number of methoxy groups -OCH3 is 2. The van der Waals surface area contributed by atoms with Crippen molar-refractivity contribution in [3.05, 3.63) is 83.9 Å². The highest BCUT2D eigenvalue weighted by molar-refractivity contribution is 5.91. The highest BCUT2D eigenvalue weighted by Gasteiger charge is 2.09. The van der Waals surface area contributed by atoms with Gasteiger partial charge in [0, 0.05) is 0 Å². The second-order valence-electron chi connectivity index (χ2n) is 6.45. The lowest BCUT2D eigenvalue weighted by Gasteiger charge is -2.06. The quantitative estimate of drug-likeness (QED) is 0.240. The van der Waals surface area contributed by atoms with Crippen LogP contribution >= 0.6 is 0 Å². The Morgan fingerprint density at radius 3 is 2.12 bits per heavy atom. The maximum atomic E-state index is 12.3. The number of nitrogens with one attached hydrogen (secondary N) is 1. The van der Waals surface area contributed by atoms with Crippen LogP contribution in [0.5, 0.6) is 23.0 Å². The summed E-state index contributed by atoms with van der Waals surface area (Å²) in [7, 11) is 3.12. The highest BCUT2D eigenvalue weighted by atomic mass is 16.5. The maximum absolute atomic E-state index is 12.3. The molecule has 0 spiro atoms. The number of carbonyl (C=O) groups is 2. The van der Waals surface area contributed by atoms with Gasteiger partial charge in [-0.3, -0.25) is 4.79 Å². The molecule has 3 aromatic rings. The lowest BCUT2D eigenvalue weighted by Crippen LogP contribution is -2.24. The van der Waals surface area contributed by atoms with Gasteiger partial charge >= 0.3 is 5.97 Å². The molecule has 0 aromatic heterocycles. The van der Waals surface area contributed by atoms with Gasteiger partial charge in [0.25, 0.3) is 5.91 Å². The Morgan fingerprint density at radius 1 is 0.844 bits per heavy atom. The number of hydrazone groups is 1. The zero-order chi connectivity index (χ0) is 22.8. The van der Waals surface area contributed by atoms with Crippen molar-refractivity contribution >= 4 is 18.1 Å². The third kappa shape index (κ3) is 6.60. The van der Waals surface area contributed by atoms with E-state index >= 15 is 0 Å². The van der Waals surface area contributed by atoms with Gasteiger partial charge < -0.3 is 18.9 Å². The average Bonchev–Trinajstić information content (AvgIpc) is 2.83. The summed E-state index contributed by atoms with van der Waals surface area (Å²) < 4.78 is 20.9. The zero-order valence-corrected chi connectivity index (χ0v) is 17.6. The maximum Gasteiger partial charge on any atom is 0.343 e. The predicted octanol–water partition coefficient (Wildman–Crippen LogP) is 3.45. The molecule has 164 valence electrons. The minimum absolute atomic E-state index is 0.191. The van der Waals surface area contributed by atoms with E-state index in [0.717, 1.165) is 0 Å². The van der Waals surface area contributed by atoms with Crippen LogP contribution < -0.4 is 24.4 Å². The van der Waals surface area contributed by atoms with Gasteiger partial charge in [-0.25, -0.2) is 10.2 Å². The third-order valence-corrected chi connectivity index (χ3v) is 4.23. The summed E-state index contributed by atoms with van der Waals surface area (Å²) in [6.07, 6.45) is 1.44. The Morgan fingerprint density at radius 2 is 1.47 bits per heavy atom. The van der Waals surface area contributed by atoms with Crippen LogP contribution in [-0.4, -0.2) is 38.9 Å². The summed E-state index contributed by atoms with van der Waals surface area (Å²) >= 11 is 0. The highest BCUT2D eigenvalue weighted by Crippen LogP contribution is 2.17. The number of hydrogen-bond donors (Lipinski definition) is 1. The lowest BCUT2D eigenvalue weighted by atomic mass is 10.2. The molecule has 0 aliphatic rings. The molecule has 3 rings (SSSR count). The van der Waals surface area contributed by atoms with Crippen molar-refractivity contribution < 1.29 is 28.5 Å². The first-order chi connectivity index (χ1) is 15.6. The van der Waals surface area contributed by atoms with E-state index < -0.39 is 11.9 Å². The SMILES string of the molecule is COc1ccc(OCC(=O)N/N=C/c2cccc(OC(=O)c3ccc(OC)cc3)c2)cc1. The minimum Gasteiger partial charge on any atom is -0.497 e. The monoisotopic (exact) mass is 434 g/mol. The van der Waals surface area contributed by atoms with Gasteiger partial charge in [0.05, 0.1) is 26.0 Å². The van der Waals surface area contributed by atoms with Crippen LogP contribution in [-0.2, 0) is 4.79 Å². The van der Waals surface area contributed by atoms with Gasteiger partial charge in [-0.2, -0.15) is 5.10 Å². The molecular weight excluding hydrogens is 412 g/mol. The van der Waals surface area contributed by atoms with Crippen molar-refractivity contribution in [1.29, 1.82) is 0 Å². The van der Waals surface area contributed by atoms with Crippen molar-refractivity contribution in [1.82, 2.24) is 5.43 Å². The summed E-state index contributed by atoms with van der Waals surface area (Å²) in [6.45, 7) is -0.191. The van der Waals surface area contributed by atoms with Gasteiger partial charge in [-0.15, -0.1) is 0 Å². The van der Waals surface area contributed by atoms with E-state index in [1.54, 1.807) is 87.0 Å². The van der Waals surface area contributed by atoms with Crippen molar-refractivity contribution in [2.45, 2.75) is 0 Å². The molecule has 8 nitrogen and oxygen atoms in total. The van der Waals surface area contributed by atoms with Gasteiger partial charge in [0.2, 0.25) is 0 Å². The van der Waals surface area contributed by atoms with Gasteiger partial charge in [0.15, 0.2) is 6.61 Å². The second kappa shape index (κ2) is 11.2. The molecule has 0 aliphatic carbocycles. The number of esters is 1. The van der Waals surface area contributed by atoms with Crippen molar-refractivity contribution in [3.8, 4) is 23.0 Å². The Balaban J connectivity index is 1.49. The Bertz CT molecular complexity index is 1080. The van der Waals surface area contributed by atoms with Crippen LogP contribution in [0.25, 0.3) is 0 Å². The molecule has 8 heteroatoms. The van der Waals surface area contributed by atoms with Crippen LogP contribution in [0, 0.1) is 0 Å². The first-order valence-electron chi connectivity index (χ1n) is 9.62. The van der Waals surface area contributed by atoms with Crippen LogP contribution in [0.1, 0.15) is 15.9 Å². The smallest absolute Gasteiger partial charge is 0.343 e. The average molecular weight is 434 g/mol. The molecule has 0 aliphatic heterocycles. The molecule has 0 bridgehead atoms. The number of hydrogen-bond acceptors (Lipinski definition) is 7. The fourth-order valence-electron chi connectivity index (χ4n) is 2.58. The number of ether oxygens (including phenoxy) is 4. The molecule has 1 N–H and O–H groups in total. The molecule has 0 saturated heterocycles. The topological polar surface area (TPSA) is 95.5 Å². The van der Waals surface area contributed by atoms with E-state index in [1.807, 2.05) is 0 Å². The summed E-state index contributed by atoms with van der Waals surface area (Å²) in [5.41, 5.74) is 3.42. The van der Waals surface area contributed by atoms with E-state index in [4.69, 9.17) is 18.9 Å². The molecule has 0 fully saturated rings. The lowest BCUT2D eigenvalue weighted by molar-refractivity contribution is -0.123. The van der Waals surface area contributed by atoms with Crippen molar-refractivity contribution in [2.75, 3.05) is 20.8 Å². The molecular formula is C24H22N2O6. The van der Waals surface area contributed by atoms with Crippen LogP contribution in [0.15, 0.2) is 77.9 Å². The van der Waals surface area contributed by atoms with Crippen molar-refractivity contribution in [3.63, 3.8) is 0 Å². The fourth-order valence-corrected chi connectivity index (χ4v) is 2.58. The van der Waals surface area contributed by atoms with E-state index in [-0.39, 0.29) is 6.61 Å². The third-order valence-electron chi connectivity index (χ3n) is 4.23. The molecule has 0 saturated carbocycles. The van der Waals surface area contributed by atoms with E-state index in [9.17, 15) is 9.59 Å². The standard InChI is InChI=1S/C24H22N2O6/c1-29-19-8-6-18(7-9-19)24(28)32-22-5-3-4-17(14-22)15-25-26-23(27)16-31-21-12-10-20(30-2)11-13-21/h3-15H,16H2,1-2H3,(H,26,27)/b25-15+. The Hall–Kier alpha value is -4.33. The predicted molar refractivity (Wildman–Crippen MR) is 119 cm³/mol. The van der Waals surface area contributed by atoms with E-state index in [0.29, 0.717) is 34.1 Å². The molecule has 0 radical (unpaired) electrons. The first kappa shape index (κ1) is 22.4. The van der Waals surface area contributed by atoms with Crippen LogP contribution in [0.2, 0.25) is 0 Å². The van der Waals surface area contributed by atoms with E-state index in [2.05, 4.69) is 10.5 Å². The molecule has 0 heterocycles. The molecule has 0 unspecified atom stereocenters.